The molecule has 6 nitrogen and oxygen atoms in total. The summed E-state index contributed by atoms with van der Waals surface area (Å²) >= 11 is 0. The van der Waals surface area contributed by atoms with E-state index in [0.29, 0.717) is 23.4 Å². The minimum atomic E-state index is -3.81. The number of anilines is 1. The number of aryl methyl sites for hydroxylation is 3. The lowest BCUT2D eigenvalue weighted by atomic mass is 10.1. The van der Waals surface area contributed by atoms with Crippen LogP contribution in [-0.4, -0.2) is 45.4 Å². The summed E-state index contributed by atoms with van der Waals surface area (Å²) in [6, 6.07) is 10.4. The van der Waals surface area contributed by atoms with E-state index in [1.165, 1.54) is 25.3 Å². The Bertz CT molecular complexity index is 1010. The summed E-state index contributed by atoms with van der Waals surface area (Å²) in [5, 5.41) is 2.92. The number of carbonyl (C=O) groups is 1. The summed E-state index contributed by atoms with van der Waals surface area (Å²) < 4.78 is 28.7. The second-order valence-electron chi connectivity index (χ2n) is 8.47. The summed E-state index contributed by atoms with van der Waals surface area (Å²) in [6.07, 6.45) is 4.70. The van der Waals surface area contributed by atoms with Crippen molar-refractivity contribution in [1.82, 2.24) is 10.2 Å². The first-order valence-electron chi connectivity index (χ1n) is 11.0. The van der Waals surface area contributed by atoms with Gasteiger partial charge in [0, 0.05) is 17.8 Å². The maximum absolute atomic E-state index is 13.0. The Hall–Kier alpha value is -2.38. The molecule has 1 aliphatic heterocycles. The van der Waals surface area contributed by atoms with Crippen molar-refractivity contribution < 1.29 is 13.2 Å². The van der Waals surface area contributed by atoms with Gasteiger partial charge < -0.3 is 10.2 Å². The third kappa shape index (κ3) is 6.55. The minimum Gasteiger partial charge on any atom is -0.352 e. The van der Waals surface area contributed by atoms with E-state index in [-0.39, 0.29) is 10.8 Å². The van der Waals surface area contributed by atoms with Gasteiger partial charge in [-0.25, -0.2) is 8.42 Å². The van der Waals surface area contributed by atoms with Crippen molar-refractivity contribution in [2.45, 2.75) is 51.3 Å². The summed E-state index contributed by atoms with van der Waals surface area (Å²) in [4.78, 5) is 15.1. The fourth-order valence-electron chi connectivity index (χ4n) is 4.06. The molecule has 1 aliphatic rings. The lowest BCUT2D eigenvalue weighted by Crippen LogP contribution is -2.33. The van der Waals surface area contributed by atoms with Crippen molar-refractivity contribution >= 4 is 21.6 Å². The Morgan fingerprint density at radius 2 is 1.65 bits per heavy atom. The van der Waals surface area contributed by atoms with Gasteiger partial charge >= 0.3 is 0 Å². The van der Waals surface area contributed by atoms with Crippen molar-refractivity contribution in [3.8, 4) is 0 Å². The van der Waals surface area contributed by atoms with Crippen LogP contribution in [0.4, 0.5) is 5.69 Å². The molecule has 0 spiro atoms. The maximum Gasteiger partial charge on any atom is 0.262 e. The lowest BCUT2D eigenvalue weighted by Gasteiger charge is -2.26. The second-order valence-corrected chi connectivity index (χ2v) is 10.1. The van der Waals surface area contributed by atoms with Gasteiger partial charge in [-0.2, -0.15) is 0 Å². The molecule has 0 saturated carbocycles. The Labute approximate surface area is 186 Å². The van der Waals surface area contributed by atoms with Crippen LogP contribution in [0.3, 0.4) is 0 Å². The molecule has 0 aliphatic carbocycles. The van der Waals surface area contributed by atoms with E-state index in [1.807, 2.05) is 19.9 Å². The summed E-state index contributed by atoms with van der Waals surface area (Å²) in [5.41, 5.74) is 3.42. The Kier molecular flexibility index (Phi) is 7.73. The molecule has 1 saturated heterocycles. The van der Waals surface area contributed by atoms with Gasteiger partial charge in [-0.05, 0) is 101 Å². The topological polar surface area (TPSA) is 78.5 Å². The maximum atomic E-state index is 13.0. The third-order valence-corrected chi connectivity index (χ3v) is 7.12. The van der Waals surface area contributed by atoms with Gasteiger partial charge in [-0.15, -0.1) is 0 Å². The van der Waals surface area contributed by atoms with Crippen LogP contribution in [-0.2, 0) is 10.0 Å². The van der Waals surface area contributed by atoms with Crippen molar-refractivity contribution in [2.24, 2.45) is 0 Å². The molecule has 0 aromatic heterocycles. The lowest BCUT2D eigenvalue weighted by molar-refractivity contribution is 0.0951. The SMILES string of the molecule is Cc1cc(C)cc(NS(=O)(=O)c2cc(C(=O)NCCCN3CCCCC3)ccc2C)c1. The number of hydrogen-bond donors (Lipinski definition) is 2. The monoisotopic (exact) mass is 443 g/mol. The van der Waals surface area contributed by atoms with Gasteiger partial charge in [-0.1, -0.05) is 18.6 Å². The molecule has 0 atom stereocenters. The minimum absolute atomic E-state index is 0.118. The van der Waals surface area contributed by atoms with Gasteiger partial charge in [0.2, 0.25) is 0 Å². The zero-order valence-electron chi connectivity index (χ0n) is 18.7. The van der Waals surface area contributed by atoms with Gasteiger partial charge in [0.25, 0.3) is 15.9 Å². The van der Waals surface area contributed by atoms with Crippen LogP contribution in [0.1, 0.15) is 52.7 Å². The molecule has 168 valence electrons. The van der Waals surface area contributed by atoms with Crippen LogP contribution in [0.25, 0.3) is 0 Å². The van der Waals surface area contributed by atoms with Gasteiger partial charge in [0.05, 0.1) is 4.90 Å². The highest BCUT2D eigenvalue weighted by atomic mass is 32.2. The number of nitrogens with one attached hydrogen (secondary N) is 2. The average molecular weight is 444 g/mol. The quantitative estimate of drug-likeness (QED) is 0.604. The number of sulfonamides is 1. The van der Waals surface area contributed by atoms with Crippen molar-refractivity contribution in [3.05, 3.63) is 58.7 Å². The van der Waals surface area contributed by atoms with E-state index in [2.05, 4.69) is 14.9 Å². The molecule has 0 unspecified atom stereocenters. The van der Waals surface area contributed by atoms with Crippen LogP contribution >= 0.6 is 0 Å². The zero-order valence-corrected chi connectivity index (χ0v) is 19.5. The smallest absolute Gasteiger partial charge is 0.262 e. The average Bonchev–Trinajstić information content (AvgIpc) is 2.71. The number of piperidine rings is 1. The molecule has 2 N–H and O–H groups in total. The first-order chi connectivity index (χ1) is 14.7. The molecule has 7 heteroatoms. The second kappa shape index (κ2) is 10.3. The van der Waals surface area contributed by atoms with Crippen molar-refractivity contribution in [3.63, 3.8) is 0 Å². The first kappa shape index (κ1) is 23.3. The predicted molar refractivity (Wildman–Crippen MR) is 125 cm³/mol. The Balaban J connectivity index is 1.64. The van der Waals surface area contributed by atoms with Crippen LogP contribution in [0.15, 0.2) is 41.3 Å². The molecular formula is C24H33N3O3S. The standard InChI is InChI=1S/C24H33N3O3S/c1-18-14-19(2)16-22(15-18)26-31(29,30)23-17-21(9-8-20(23)3)24(28)25-10-7-13-27-11-5-4-6-12-27/h8-9,14-17,26H,4-7,10-13H2,1-3H3,(H,25,28). The number of benzene rings is 2. The first-order valence-corrected chi connectivity index (χ1v) is 12.5. The van der Waals surface area contributed by atoms with Crippen molar-refractivity contribution in [1.29, 1.82) is 0 Å². The molecular weight excluding hydrogens is 410 g/mol. The molecule has 2 aromatic carbocycles. The van der Waals surface area contributed by atoms with Crippen LogP contribution < -0.4 is 10.0 Å². The van der Waals surface area contributed by atoms with E-state index in [4.69, 9.17) is 0 Å². The van der Waals surface area contributed by atoms with Crippen LogP contribution in [0, 0.1) is 20.8 Å². The molecule has 0 radical (unpaired) electrons. The Morgan fingerprint density at radius 1 is 0.968 bits per heavy atom. The fourth-order valence-corrected chi connectivity index (χ4v) is 5.38. The van der Waals surface area contributed by atoms with E-state index < -0.39 is 10.0 Å². The number of hydrogen-bond acceptors (Lipinski definition) is 4. The number of amides is 1. The van der Waals surface area contributed by atoms with E-state index in [0.717, 1.165) is 37.2 Å². The molecule has 0 bridgehead atoms. The Morgan fingerprint density at radius 3 is 2.32 bits per heavy atom. The largest absolute Gasteiger partial charge is 0.352 e. The predicted octanol–water partition coefficient (Wildman–Crippen LogP) is 4.02. The highest BCUT2D eigenvalue weighted by Crippen LogP contribution is 2.22. The highest BCUT2D eigenvalue weighted by Gasteiger charge is 2.20. The molecule has 31 heavy (non-hydrogen) atoms. The van der Waals surface area contributed by atoms with Gasteiger partial charge in [0.1, 0.15) is 0 Å². The molecule has 2 aromatic rings. The third-order valence-electron chi connectivity index (χ3n) is 5.60. The fraction of sp³-hybridized carbons (Fsp3) is 0.458. The van der Waals surface area contributed by atoms with E-state index in [9.17, 15) is 13.2 Å². The molecule has 3 rings (SSSR count). The normalized spacial score (nSPS) is 14.9. The van der Waals surface area contributed by atoms with E-state index in [1.54, 1.807) is 31.2 Å². The van der Waals surface area contributed by atoms with E-state index >= 15 is 0 Å². The molecule has 1 amide bonds. The summed E-state index contributed by atoms with van der Waals surface area (Å²) in [6.45, 7) is 9.41. The zero-order chi connectivity index (χ0) is 22.4. The highest BCUT2D eigenvalue weighted by molar-refractivity contribution is 7.92. The van der Waals surface area contributed by atoms with Crippen LogP contribution in [0.2, 0.25) is 0 Å². The number of nitrogens with zero attached hydrogens (tertiary/aromatic N) is 1. The number of rotatable bonds is 8. The van der Waals surface area contributed by atoms with Gasteiger partial charge in [-0.3, -0.25) is 9.52 Å². The molecule has 1 heterocycles. The van der Waals surface area contributed by atoms with Crippen molar-refractivity contribution in [2.75, 3.05) is 30.9 Å². The number of likely N-dealkylation sites (tertiary alicyclic amines) is 1. The summed E-state index contributed by atoms with van der Waals surface area (Å²) in [5.74, 6) is -0.249. The summed E-state index contributed by atoms with van der Waals surface area (Å²) in [7, 11) is -3.81. The van der Waals surface area contributed by atoms with Gasteiger partial charge in [0.15, 0.2) is 0 Å². The van der Waals surface area contributed by atoms with Crippen LogP contribution in [0.5, 0.6) is 0 Å². The number of carbonyl (C=O) groups excluding carboxylic acids is 1. The molecule has 1 fully saturated rings.